The molecule has 154 valence electrons. The lowest BCUT2D eigenvalue weighted by Gasteiger charge is -2.32. The number of nitrogens with zero attached hydrogens (tertiary/aromatic N) is 1. The van der Waals surface area contributed by atoms with Crippen LogP contribution in [-0.4, -0.2) is 56.1 Å². The number of carbonyl (C=O) groups excluding carboxylic acids is 2. The Morgan fingerprint density at radius 3 is 2.75 bits per heavy atom. The Morgan fingerprint density at radius 1 is 1.18 bits per heavy atom. The van der Waals surface area contributed by atoms with Crippen LogP contribution >= 0.6 is 0 Å². The second kappa shape index (κ2) is 9.78. The summed E-state index contributed by atoms with van der Waals surface area (Å²) < 4.78 is 11.3. The van der Waals surface area contributed by atoms with Crippen LogP contribution in [0.1, 0.15) is 33.1 Å². The molecule has 0 radical (unpaired) electrons. The maximum absolute atomic E-state index is 12.5. The monoisotopic (exact) mass is 389 g/mol. The topological polar surface area (TPSA) is 79.9 Å². The van der Waals surface area contributed by atoms with Crippen LogP contribution < -0.4 is 20.1 Å². The lowest BCUT2D eigenvalue weighted by molar-refractivity contribution is -0.124. The Kier molecular flexibility index (Phi) is 7.14. The summed E-state index contributed by atoms with van der Waals surface area (Å²) in [7, 11) is 0. The van der Waals surface area contributed by atoms with Crippen LogP contribution in [0.2, 0.25) is 0 Å². The molecule has 1 saturated heterocycles. The Hall–Kier alpha value is -2.28. The minimum Gasteiger partial charge on any atom is -0.490 e. The average Bonchev–Trinajstić information content (AvgIpc) is 2.91. The lowest BCUT2D eigenvalue weighted by atomic mass is 9.97. The Bertz CT molecular complexity index is 692. The first kappa shape index (κ1) is 20.5. The highest BCUT2D eigenvalue weighted by molar-refractivity contribution is 5.92. The van der Waals surface area contributed by atoms with Gasteiger partial charge in [0, 0.05) is 37.2 Å². The number of fused-ring (bicyclic) bond motifs is 1. The van der Waals surface area contributed by atoms with Gasteiger partial charge in [0.1, 0.15) is 0 Å². The zero-order valence-electron chi connectivity index (χ0n) is 16.8. The Morgan fingerprint density at radius 2 is 1.96 bits per heavy atom. The van der Waals surface area contributed by atoms with Gasteiger partial charge in [0.25, 0.3) is 0 Å². The molecule has 1 atom stereocenters. The molecule has 7 heteroatoms. The molecule has 1 unspecified atom stereocenters. The summed E-state index contributed by atoms with van der Waals surface area (Å²) in [5.74, 6) is 1.83. The molecule has 2 aliphatic rings. The number of anilines is 1. The number of carbonyl (C=O) groups is 2. The highest BCUT2D eigenvalue weighted by Gasteiger charge is 2.22. The minimum absolute atomic E-state index is 0.000709. The molecule has 1 fully saturated rings. The predicted octanol–water partition coefficient (Wildman–Crippen LogP) is 2.27. The molecule has 0 spiro atoms. The molecular formula is C21H31N3O4. The fraction of sp³-hybridized carbons (Fsp3) is 0.619. The van der Waals surface area contributed by atoms with Crippen LogP contribution in [0.4, 0.5) is 5.69 Å². The van der Waals surface area contributed by atoms with Crippen LogP contribution in [0.15, 0.2) is 18.2 Å². The van der Waals surface area contributed by atoms with Gasteiger partial charge in [-0.3, -0.25) is 14.5 Å². The first-order chi connectivity index (χ1) is 13.5. The molecule has 0 aliphatic carbocycles. The van der Waals surface area contributed by atoms with Crippen LogP contribution in [0.5, 0.6) is 11.5 Å². The van der Waals surface area contributed by atoms with Crippen molar-refractivity contribution in [2.24, 2.45) is 11.8 Å². The first-order valence-electron chi connectivity index (χ1n) is 10.2. The van der Waals surface area contributed by atoms with E-state index >= 15 is 0 Å². The van der Waals surface area contributed by atoms with E-state index in [1.807, 2.05) is 32.0 Å². The van der Waals surface area contributed by atoms with E-state index in [4.69, 9.17) is 9.47 Å². The SMILES string of the molecule is CC(C)C(=O)NCC1CCCN(CC(=O)Nc2ccc3c(c2)OCCCO3)C1. The van der Waals surface area contributed by atoms with E-state index in [0.717, 1.165) is 38.1 Å². The summed E-state index contributed by atoms with van der Waals surface area (Å²) in [5, 5.41) is 5.96. The van der Waals surface area contributed by atoms with Crippen LogP contribution in [0, 0.1) is 11.8 Å². The highest BCUT2D eigenvalue weighted by atomic mass is 16.5. The molecule has 0 aromatic heterocycles. The quantitative estimate of drug-likeness (QED) is 0.780. The van der Waals surface area contributed by atoms with Gasteiger partial charge < -0.3 is 20.1 Å². The van der Waals surface area contributed by atoms with Gasteiger partial charge in [-0.25, -0.2) is 0 Å². The number of hydrogen-bond donors (Lipinski definition) is 2. The normalized spacial score (nSPS) is 19.8. The molecular weight excluding hydrogens is 358 g/mol. The lowest BCUT2D eigenvalue weighted by Crippen LogP contribution is -2.44. The fourth-order valence-electron chi connectivity index (χ4n) is 3.56. The van der Waals surface area contributed by atoms with Crippen LogP contribution in [-0.2, 0) is 9.59 Å². The van der Waals surface area contributed by atoms with Gasteiger partial charge in [-0.05, 0) is 37.4 Å². The minimum atomic E-state index is -0.0404. The summed E-state index contributed by atoms with van der Waals surface area (Å²) in [6.45, 7) is 7.81. The zero-order valence-corrected chi connectivity index (χ0v) is 16.8. The number of nitrogens with one attached hydrogen (secondary N) is 2. The molecule has 1 aromatic rings. The molecule has 0 bridgehead atoms. The molecule has 2 amide bonds. The first-order valence-corrected chi connectivity index (χ1v) is 10.2. The second-order valence-corrected chi connectivity index (χ2v) is 7.90. The number of amides is 2. The summed E-state index contributed by atoms with van der Waals surface area (Å²) in [5.41, 5.74) is 0.715. The Balaban J connectivity index is 1.48. The van der Waals surface area contributed by atoms with Gasteiger partial charge >= 0.3 is 0 Å². The third-order valence-corrected chi connectivity index (χ3v) is 5.09. The van der Waals surface area contributed by atoms with Gasteiger partial charge in [0.15, 0.2) is 11.5 Å². The number of hydrogen-bond acceptors (Lipinski definition) is 5. The van der Waals surface area contributed by atoms with E-state index in [9.17, 15) is 9.59 Å². The third kappa shape index (κ3) is 5.86. The summed E-state index contributed by atoms with van der Waals surface area (Å²) in [4.78, 5) is 26.4. The van der Waals surface area contributed by atoms with Gasteiger partial charge in [-0.1, -0.05) is 13.8 Å². The molecule has 0 saturated carbocycles. The van der Waals surface area contributed by atoms with Gasteiger partial charge in [-0.15, -0.1) is 0 Å². The van der Waals surface area contributed by atoms with Crippen molar-refractivity contribution in [2.75, 3.05) is 44.7 Å². The molecule has 2 aliphatic heterocycles. The Labute approximate surface area is 166 Å². The van der Waals surface area contributed by atoms with E-state index in [1.54, 1.807) is 0 Å². The van der Waals surface area contributed by atoms with Gasteiger partial charge in [-0.2, -0.15) is 0 Å². The van der Waals surface area contributed by atoms with Crippen LogP contribution in [0.3, 0.4) is 0 Å². The third-order valence-electron chi connectivity index (χ3n) is 5.09. The molecule has 3 rings (SSSR count). The van der Waals surface area contributed by atoms with Gasteiger partial charge in [0.05, 0.1) is 19.8 Å². The second-order valence-electron chi connectivity index (χ2n) is 7.90. The summed E-state index contributed by atoms with van der Waals surface area (Å²) in [6.07, 6.45) is 2.97. The van der Waals surface area contributed by atoms with Crippen molar-refractivity contribution in [3.05, 3.63) is 18.2 Å². The number of likely N-dealkylation sites (tertiary alicyclic amines) is 1. The van der Waals surface area contributed by atoms with Crippen LogP contribution in [0.25, 0.3) is 0 Å². The van der Waals surface area contributed by atoms with Crippen molar-refractivity contribution in [3.63, 3.8) is 0 Å². The van der Waals surface area contributed by atoms with E-state index in [0.29, 0.717) is 43.7 Å². The zero-order chi connectivity index (χ0) is 19.9. The number of benzene rings is 1. The van der Waals surface area contributed by atoms with Crippen molar-refractivity contribution >= 4 is 17.5 Å². The van der Waals surface area contributed by atoms with Crippen molar-refractivity contribution in [1.82, 2.24) is 10.2 Å². The van der Waals surface area contributed by atoms with E-state index in [2.05, 4.69) is 15.5 Å². The average molecular weight is 389 g/mol. The molecule has 1 aromatic carbocycles. The molecule has 2 heterocycles. The highest BCUT2D eigenvalue weighted by Crippen LogP contribution is 2.32. The molecule has 7 nitrogen and oxygen atoms in total. The summed E-state index contributed by atoms with van der Waals surface area (Å²) >= 11 is 0. The van der Waals surface area contributed by atoms with Crippen molar-refractivity contribution in [2.45, 2.75) is 33.1 Å². The maximum atomic E-state index is 12.5. The smallest absolute Gasteiger partial charge is 0.238 e. The van der Waals surface area contributed by atoms with Gasteiger partial charge in [0.2, 0.25) is 11.8 Å². The molecule has 2 N–H and O–H groups in total. The summed E-state index contributed by atoms with van der Waals surface area (Å²) in [6, 6.07) is 5.50. The standard InChI is InChI=1S/C21H31N3O4/c1-15(2)21(26)22-12-16-5-3-8-24(13-16)14-20(25)23-17-6-7-18-19(11-17)28-10-4-9-27-18/h6-7,11,15-16H,3-5,8-10,12-14H2,1-2H3,(H,22,26)(H,23,25). The van der Waals surface area contributed by atoms with E-state index in [1.165, 1.54) is 0 Å². The maximum Gasteiger partial charge on any atom is 0.238 e. The fourth-order valence-corrected chi connectivity index (χ4v) is 3.56. The number of rotatable bonds is 6. The largest absolute Gasteiger partial charge is 0.490 e. The number of piperidine rings is 1. The predicted molar refractivity (Wildman–Crippen MR) is 108 cm³/mol. The van der Waals surface area contributed by atoms with Crippen molar-refractivity contribution in [1.29, 1.82) is 0 Å². The van der Waals surface area contributed by atoms with Crippen molar-refractivity contribution < 1.29 is 19.1 Å². The number of ether oxygens (including phenoxy) is 2. The van der Waals surface area contributed by atoms with E-state index < -0.39 is 0 Å². The van der Waals surface area contributed by atoms with E-state index in [-0.39, 0.29) is 17.7 Å². The van der Waals surface area contributed by atoms with Crippen molar-refractivity contribution in [3.8, 4) is 11.5 Å². The molecule has 28 heavy (non-hydrogen) atoms.